The lowest BCUT2D eigenvalue weighted by Crippen LogP contribution is -2.23. The van der Waals surface area contributed by atoms with Crippen LogP contribution in [0.25, 0.3) is 27.8 Å². The van der Waals surface area contributed by atoms with Gasteiger partial charge in [0, 0.05) is 11.9 Å². The van der Waals surface area contributed by atoms with Crippen molar-refractivity contribution in [1.29, 1.82) is 0 Å². The van der Waals surface area contributed by atoms with Gasteiger partial charge in [-0.3, -0.25) is 4.79 Å². The van der Waals surface area contributed by atoms with Crippen molar-refractivity contribution < 1.29 is 4.42 Å². The molecular weight excluding hydrogens is 290 g/mol. The summed E-state index contributed by atoms with van der Waals surface area (Å²) in [4.78, 5) is 17.6. The van der Waals surface area contributed by atoms with Crippen LogP contribution in [0.5, 0.6) is 0 Å². The first-order valence-corrected chi connectivity index (χ1v) is 7.53. The van der Waals surface area contributed by atoms with Gasteiger partial charge in [0.2, 0.25) is 11.5 Å². The second-order valence-electron chi connectivity index (χ2n) is 5.22. The van der Waals surface area contributed by atoms with Crippen LogP contribution in [-0.2, 0) is 0 Å². The summed E-state index contributed by atoms with van der Waals surface area (Å²) in [6.07, 6.45) is 0. The minimum Gasteiger partial charge on any atom is -0.448 e. The van der Waals surface area contributed by atoms with E-state index in [1.54, 1.807) is 4.57 Å². The molecule has 0 saturated heterocycles. The van der Waals surface area contributed by atoms with E-state index >= 15 is 0 Å². The van der Waals surface area contributed by atoms with E-state index in [0.29, 0.717) is 23.6 Å². The second-order valence-corrected chi connectivity index (χ2v) is 5.22. The Labute approximate surface area is 132 Å². The maximum absolute atomic E-state index is 13.0. The molecule has 0 aliphatic carbocycles. The molecule has 4 aromatic rings. The molecule has 0 radical (unpaired) electrons. The Kier molecular flexibility index (Phi) is 3.12. The third kappa shape index (κ3) is 2.09. The van der Waals surface area contributed by atoms with E-state index in [9.17, 15) is 4.79 Å². The second kappa shape index (κ2) is 5.28. The Morgan fingerprint density at radius 3 is 2.61 bits per heavy atom. The highest BCUT2D eigenvalue weighted by Gasteiger charge is 2.17. The predicted molar refractivity (Wildman–Crippen MR) is 91.3 cm³/mol. The summed E-state index contributed by atoms with van der Waals surface area (Å²) in [7, 11) is 0. The first-order chi connectivity index (χ1) is 11.3. The predicted octanol–water partition coefficient (Wildman–Crippen LogP) is 3.56. The summed E-state index contributed by atoms with van der Waals surface area (Å²) < 4.78 is 7.30. The van der Waals surface area contributed by atoms with E-state index in [0.717, 1.165) is 11.1 Å². The van der Waals surface area contributed by atoms with Crippen molar-refractivity contribution in [2.24, 2.45) is 0 Å². The number of nitrogens with zero attached hydrogens (tertiary/aromatic N) is 2. The van der Waals surface area contributed by atoms with Crippen molar-refractivity contribution in [3.8, 4) is 5.69 Å². The zero-order valence-corrected chi connectivity index (χ0v) is 12.6. The third-order valence-electron chi connectivity index (χ3n) is 3.75. The fourth-order valence-corrected chi connectivity index (χ4v) is 2.73. The van der Waals surface area contributed by atoms with Crippen LogP contribution in [0.3, 0.4) is 0 Å². The molecule has 0 spiro atoms. The van der Waals surface area contributed by atoms with Gasteiger partial charge >= 0.3 is 5.56 Å². The maximum Gasteiger partial charge on any atom is 0.303 e. The molecular formula is C18H15N3O2. The van der Waals surface area contributed by atoms with Crippen LogP contribution >= 0.6 is 0 Å². The number of para-hydroxylation sites is 2. The molecule has 114 valence electrons. The topological polar surface area (TPSA) is 60.1 Å². The third-order valence-corrected chi connectivity index (χ3v) is 3.75. The number of fused-ring (bicyclic) bond motifs is 3. The van der Waals surface area contributed by atoms with Gasteiger partial charge in [-0.15, -0.1) is 0 Å². The lowest BCUT2D eigenvalue weighted by Gasteiger charge is -2.12. The molecule has 23 heavy (non-hydrogen) atoms. The molecule has 0 atom stereocenters. The van der Waals surface area contributed by atoms with Crippen molar-refractivity contribution >= 4 is 28.0 Å². The van der Waals surface area contributed by atoms with E-state index in [2.05, 4.69) is 10.3 Å². The molecule has 5 nitrogen and oxygen atoms in total. The van der Waals surface area contributed by atoms with E-state index < -0.39 is 0 Å². The molecule has 4 rings (SSSR count). The minimum absolute atomic E-state index is 0.214. The van der Waals surface area contributed by atoms with Crippen molar-refractivity contribution in [3.05, 3.63) is 65.0 Å². The van der Waals surface area contributed by atoms with E-state index in [4.69, 9.17) is 4.42 Å². The Morgan fingerprint density at radius 2 is 1.83 bits per heavy atom. The van der Waals surface area contributed by atoms with Gasteiger partial charge < -0.3 is 9.73 Å². The van der Waals surface area contributed by atoms with Gasteiger partial charge in [-0.2, -0.15) is 0 Å². The van der Waals surface area contributed by atoms with Crippen molar-refractivity contribution in [2.75, 3.05) is 11.9 Å². The average molecular weight is 305 g/mol. The van der Waals surface area contributed by atoms with E-state index in [1.807, 2.05) is 61.5 Å². The van der Waals surface area contributed by atoms with Crippen molar-refractivity contribution in [3.63, 3.8) is 0 Å². The fourth-order valence-electron chi connectivity index (χ4n) is 2.73. The van der Waals surface area contributed by atoms with Gasteiger partial charge in [0.05, 0.1) is 5.69 Å². The number of aromatic nitrogens is 2. The number of furan rings is 1. The molecule has 2 heterocycles. The van der Waals surface area contributed by atoms with E-state index in [-0.39, 0.29) is 11.1 Å². The molecule has 0 unspecified atom stereocenters. The normalized spacial score (nSPS) is 11.2. The molecule has 0 fully saturated rings. The van der Waals surface area contributed by atoms with Crippen LogP contribution in [0.15, 0.2) is 63.8 Å². The van der Waals surface area contributed by atoms with Gasteiger partial charge in [-0.1, -0.05) is 30.3 Å². The number of benzene rings is 2. The standard InChI is InChI=1S/C18H15N3O2/c1-2-19-18-20-15-13-10-6-7-11-14(13)23-16(15)17(22)21(18)12-8-4-3-5-9-12/h3-11H,2H2,1H3,(H,19,20). The molecule has 5 heteroatoms. The molecule has 0 bridgehead atoms. The number of nitrogens with one attached hydrogen (secondary N) is 1. The van der Waals surface area contributed by atoms with Crippen LogP contribution < -0.4 is 10.9 Å². The van der Waals surface area contributed by atoms with Crippen LogP contribution in [0, 0.1) is 0 Å². The quantitative estimate of drug-likeness (QED) is 0.628. The van der Waals surface area contributed by atoms with Crippen LogP contribution in [0.4, 0.5) is 5.95 Å². The summed E-state index contributed by atoms with van der Waals surface area (Å²) in [5, 5.41) is 4.02. The Morgan fingerprint density at radius 1 is 1.09 bits per heavy atom. The first-order valence-electron chi connectivity index (χ1n) is 7.53. The zero-order chi connectivity index (χ0) is 15.8. The zero-order valence-electron chi connectivity index (χ0n) is 12.6. The smallest absolute Gasteiger partial charge is 0.303 e. The monoisotopic (exact) mass is 305 g/mol. The Balaban J connectivity index is 2.13. The van der Waals surface area contributed by atoms with Gasteiger partial charge in [0.25, 0.3) is 0 Å². The molecule has 0 aliphatic heterocycles. The molecule has 0 aliphatic rings. The van der Waals surface area contributed by atoms with Gasteiger partial charge in [0.15, 0.2) is 0 Å². The first kappa shape index (κ1) is 13.6. The van der Waals surface area contributed by atoms with Crippen LogP contribution in [0.1, 0.15) is 6.92 Å². The molecule has 2 aromatic carbocycles. The maximum atomic E-state index is 13.0. The highest BCUT2D eigenvalue weighted by Crippen LogP contribution is 2.26. The lowest BCUT2D eigenvalue weighted by atomic mass is 10.2. The molecule has 0 saturated carbocycles. The average Bonchev–Trinajstić information content (AvgIpc) is 2.95. The molecule has 0 amide bonds. The largest absolute Gasteiger partial charge is 0.448 e. The Bertz CT molecular complexity index is 1050. The van der Waals surface area contributed by atoms with Gasteiger partial charge in [-0.05, 0) is 31.2 Å². The Hall–Kier alpha value is -3.08. The van der Waals surface area contributed by atoms with Crippen molar-refractivity contribution in [1.82, 2.24) is 9.55 Å². The van der Waals surface area contributed by atoms with Gasteiger partial charge in [-0.25, -0.2) is 9.55 Å². The summed E-state index contributed by atoms with van der Waals surface area (Å²) in [6.45, 7) is 2.64. The molecule has 2 aromatic heterocycles. The number of hydrogen-bond acceptors (Lipinski definition) is 4. The fraction of sp³-hybridized carbons (Fsp3) is 0.111. The SMILES string of the molecule is CCNc1nc2c(oc3ccccc32)c(=O)n1-c1ccccc1. The number of anilines is 1. The highest BCUT2D eigenvalue weighted by molar-refractivity contribution is 6.02. The minimum atomic E-state index is -0.214. The van der Waals surface area contributed by atoms with Crippen LogP contribution in [0.2, 0.25) is 0 Å². The number of rotatable bonds is 3. The summed E-state index contributed by atoms with van der Waals surface area (Å²) in [5.74, 6) is 0.516. The summed E-state index contributed by atoms with van der Waals surface area (Å²) in [5.41, 5.74) is 2.07. The summed E-state index contributed by atoms with van der Waals surface area (Å²) in [6, 6.07) is 17.0. The molecule has 1 N–H and O–H groups in total. The number of hydrogen-bond donors (Lipinski definition) is 1. The van der Waals surface area contributed by atoms with E-state index in [1.165, 1.54) is 0 Å². The summed E-state index contributed by atoms with van der Waals surface area (Å²) >= 11 is 0. The van der Waals surface area contributed by atoms with Crippen molar-refractivity contribution in [2.45, 2.75) is 6.92 Å². The highest BCUT2D eigenvalue weighted by atomic mass is 16.3. The van der Waals surface area contributed by atoms with Crippen LogP contribution in [-0.4, -0.2) is 16.1 Å². The lowest BCUT2D eigenvalue weighted by molar-refractivity contribution is 0.657. The van der Waals surface area contributed by atoms with Gasteiger partial charge in [0.1, 0.15) is 11.1 Å².